The SMILES string of the molecule is Cc1ccc2oc(C(=O)NCc3ccccc3CN3CCCCC3)cc(=O)c2c1. The maximum absolute atomic E-state index is 12.6. The van der Waals surface area contributed by atoms with Gasteiger partial charge in [-0.25, -0.2) is 0 Å². The minimum atomic E-state index is -0.377. The Bertz CT molecular complexity index is 1080. The van der Waals surface area contributed by atoms with Crippen LogP contribution in [0.2, 0.25) is 0 Å². The van der Waals surface area contributed by atoms with Crippen molar-refractivity contribution in [2.24, 2.45) is 0 Å². The molecule has 0 bridgehead atoms. The van der Waals surface area contributed by atoms with Gasteiger partial charge in [0, 0.05) is 19.2 Å². The zero-order valence-electron chi connectivity index (χ0n) is 16.7. The maximum atomic E-state index is 12.6. The molecule has 1 aromatic heterocycles. The lowest BCUT2D eigenvalue weighted by atomic mass is 10.0. The molecule has 2 heterocycles. The van der Waals surface area contributed by atoms with Crippen LogP contribution in [-0.2, 0) is 13.1 Å². The monoisotopic (exact) mass is 390 g/mol. The quantitative estimate of drug-likeness (QED) is 0.715. The fourth-order valence-electron chi connectivity index (χ4n) is 3.89. The van der Waals surface area contributed by atoms with Gasteiger partial charge in [-0.3, -0.25) is 14.5 Å². The van der Waals surface area contributed by atoms with Crippen LogP contribution in [-0.4, -0.2) is 23.9 Å². The van der Waals surface area contributed by atoms with Crippen LogP contribution in [0, 0.1) is 6.92 Å². The number of likely N-dealkylation sites (tertiary alicyclic amines) is 1. The van der Waals surface area contributed by atoms with E-state index in [4.69, 9.17) is 4.42 Å². The summed E-state index contributed by atoms with van der Waals surface area (Å²) in [6.45, 7) is 5.47. The van der Waals surface area contributed by atoms with E-state index in [0.29, 0.717) is 17.5 Å². The third-order valence-electron chi connectivity index (χ3n) is 5.51. The fraction of sp³-hybridized carbons (Fsp3) is 0.333. The molecule has 3 aromatic rings. The molecule has 1 amide bonds. The molecule has 0 atom stereocenters. The molecule has 1 fully saturated rings. The molecule has 150 valence electrons. The third kappa shape index (κ3) is 4.57. The van der Waals surface area contributed by atoms with Gasteiger partial charge in [0.2, 0.25) is 0 Å². The number of fused-ring (bicyclic) bond motifs is 1. The van der Waals surface area contributed by atoms with E-state index in [0.717, 1.165) is 30.8 Å². The Morgan fingerprint density at radius 1 is 1.03 bits per heavy atom. The van der Waals surface area contributed by atoms with Crippen molar-refractivity contribution >= 4 is 16.9 Å². The number of piperidine rings is 1. The topological polar surface area (TPSA) is 62.6 Å². The van der Waals surface area contributed by atoms with Crippen LogP contribution >= 0.6 is 0 Å². The van der Waals surface area contributed by atoms with E-state index in [9.17, 15) is 9.59 Å². The van der Waals surface area contributed by atoms with Gasteiger partial charge in [-0.15, -0.1) is 0 Å². The summed E-state index contributed by atoms with van der Waals surface area (Å²) < 4.78 is 5.68. The Labute approximate surface area is 170 Å². The highest BCUT2D eigenvalue weighted by atomic mass is 16.3. The fourth-order valence-corrected chi connectivity index (χ4v) is 3.89. The first-order chi connectivity index (χ1) is 14.1. The zero-order chi connectivity index (χ0) is 20.2. The molecule has 1 aliphatic heterocycles. The number of nitrogens with zero attached hydrogens (tertiary/aromatic N) is 1. The number of hydrogen-bond donors (Lipinski definition) is 1. The van der Waals surface area contributed by atoms with E-state index in [-0.39, 0.29) is 17.1 Å². The van der Waals surface area contributed by atoms with Gasteiger partial charge < -0.3 is 9.73 Å². The van der Waals surface area contributed by atoms with Gasteiger partial charge in [-0.05, 0) is 56.1 Å². The lowest BCUT2D eigenvalue weighted by Gasteiger charge is -2.27. The minimum Gasteiger partial charge on any atom is -0.451 e. The molecular formula is C24H26N2O3. The number of rotatable bonds is 5. The van der Waals surface area contributed by atoms with Gasteiger partial charge in [0.25, 0.3) is 5.91 Å². The molecule has 0 radical (unpaired) electrons. The van der Waals surface area contributed by atoms with Crippen molar-refractivity contribution < 1.29 is 9.21 Å². The average Bonchev–Trinajstić information content (AvgIpc) is 2.74. The second-order valence-corrected chi connectivity index (χ2v) is 7.76. The van der Waals surface area contributed by atoms with Gasteiger partial charge in [-0.1, -0.05) is 42.3 Å². The minimum absolute atomic E-state index is 0.0415. The molecule has 1 N–H and O–H groups in total. The van der Waals surface area contributed by atoms with Crippen molar-refractivity contribution in [3.63, 3.8) is 0 Å². The van der Waals surface area contributed by atoms with Gasteiger partial charge in [0.05, 0.1) is 5.39 Å². The number of benzene rings is 2. The highest BCUT2D eigenvalue weighted by Crippen LogP contribution is 2.17. The number of aryl methyl sites for hydroxylation is 1. The van der Waals surface area contributed by atoms with E-state index in [1.165, 1.54) is 30.9 Å². The summed E-state index contributed by atoms with van der Waals surface area (Å²) in [5, 5.41) is 3.40. The van der Waals surface area contributed by atoms with Crippen LogP contribution in [0.5, 0.6) is 0 Å². The van der Waals surface area contributed by atoms with E-state index in [1.54, 1.807) is 12.1 Å². The highest BCUT2D eigenvalue weighted by molar-refractivity contribution is 5.93. The van der Waals surface area contributed by atoms with Crippen molar-refractivity contribution in [1.82, 2.24) is 10.2 Å². The first-order valence-electron chi connectivity index (χ1n) is 10.2. The standard InChI is InChI=1S/C24H26N2O3/c1-17-9-10-22-20(13-17)21(27)14-23(29-22)24(28)25-15-18-7-3-4-8-19(18)16-26-11-5-2-6-12-26/h3-4,7-10,13-14H,2,5-6,11-12,15-16H2,1H3,(H,25,28). The summed E-state index contributed by atoms with van der Waals surface area (Å²) in [6, 6.07) is 14.8. The second kappa shape index (κ2) is 8.62. The zero-order valence-corrected chi connectivity index (χ0v) is 16.7. The summed E-state index contributed by atoms with van der Waals surface area (Å²) in [5.74, 6) is -0.336. The number of carbonyl (C=O) groups is 1. The molecule has 0 spiro atoms. The van der Waals surface area contributed by atoms with Crippen molar-refractivity contribution in [2.45, 2.75) is 39.3 Å². The summed E-state index contributed by atoms with van der Waals surface area (Å²) in [6.07, 6.45) is 3.81. The molecule has 4 rings (SSSR count). The Kier molecular flexibility index (Phi) is 5.76. The van der Waals surface area contributed by atoms with Crippen molar-refractivity contribution in [3.8, 4) is 0 Å². The van der Waals surface area contributed by atoms with Crippen LogP contribution in [0.25, 0.3) is 11.0 Å². The molecule has 29 heavy (non-hydrogen) atoms. The number of carbonyl (C=O) groups excluding carboxylic acids is 1. The Morgan fingerprint density at radius 2 is 1.79 bits per heavy atom. The molecular weight excluding hydrogens is 364 g/mol. The van der Waals surface area contributed by atoms with E-state index < -0.39 is 0 Å². The van der Waals surface area contributed by atoms with Crippen LogP contribution < -0.4 is 10.7 Å². The van der Waals surface area contributed by atoms with Gasteiger partial charge in [-0.2, -0.15) is 0 Å². The molecule has 1 aliphatic rings. The van der Waals surface area contributed by atoms with E-state index in [2.05, 4.69) is 16.3 Å². The van der Waals surface area contributed by atoms with Crippen LogP contribution in [0.1, 0.15) is 46.5 Å². The number of amides is 1. The largest absolute Gasteiger partial charge is 0.451 e. The lowest BCUT2D eigenvalue weighted by Crippen LogP contribution is -2.30. The first kappa shape index (κ1) is 19.4. The summed E-state index contributed by atoms with van der Waals surface area (Å²) >= 11 is 0. The van der Waals surface area contributed by atoms with Crippen LogP contribution in [0.4, 0.5) is 0 Å². The molecule has 5 nitrogen and oxygen atoms in total. The normalized spacial score (nSPS) is 14.8. The highest BCUT2D eigenvalue weighted by Gasteiger charge is 2.15. The lowest BCUT2D eigenvalue weighted by molar-refractivity contribution is 0.0923. The van der Waals surface area contributed by atoms with Crippen molar-refractivity contribution in [3.05, 3.63) is 81.2 Å². The first-order valence-corrected chi connectivity index (χ1v) is 10.2. The second-order valence-electron chi connectivity index (χ2n) is 7.76. The van der Waals surface area contributed by atoms with Crippen LogP contribution in [0.15, 0.2) is 57.7 Å². The molecule has 5 heteroatoms. The van der Waals surface area contributed by atoms with Gasteiger partial charge in [0.15, 0.2) is 11.2 Å². The summed E-state index contributed by atoms with van der Waals surface area (Å²) in [5.41, 5.74) is 3.52. The molecule has 1 saturated heterocycles. The van der Waals surface area contributed by atoms with Crippen molar-refractivity contribution in [2.75, 3.05) is 13.1 Å². The van der Waals surface area contributed by atoms with Gasteiger partial charge >= 0.3 is 0 Å². The molecule has 2 aromatic carbocycles. The Balaban J connectivity index is 1.48. The predicted octanol–water partition coefficient (Wildman–Crippen LogP) is 4.02. The van der Waals surface area contributed by atoms with E-state index in [1.807, 2.05) is 31.2 Å². The number of nitrogens with one attached hydrogen (secondary N) is 1. The van der Waals surface area contributed by atoms with Gasteiger partial charge in [0.1, 0.15) is 5.58 Å². The maximum Gasteiger partial charge on any atom is 0.287 e. The predicted molar refractivity (Wildman–Crippen MR) is 114 cm³/mol. The summed E-state index contributed by atoms with van der Waals surface area (Å²) in [4.78, 5) is 27.5. The molecule has 0 unspecified atom stereocenters. The number of hydrogen-bond acceptors (Lipinski definition) is 4. The van der Waals surface area contributed by atoms with Crippen LogP contribution in [0.3, 0.4) is 0 Å². The molecule has 0 aliphatic carbocycles. The van der Waals surface area contributed by atoms with Crippen molar-refractivity contribution in [1.29, 1.82) is 0 Å². The Hall–Kier alpha value is -2.92. The Morgan fingerprint density at radius 3 is 2.59 bits per heavy atom. The summed E-state index contributed by atoms with van der Waals surface area (Å²) in [7, 11) is 0. The third-order valence-corrected chi connectivity index (χ3v) is 5.51. The van der Waals surface area contributed by atoms with E-state index >= 15 is 0 Å². The molecule has 0 saturated carbocycles. The smallest absolute Gasteiger partial charge is 0.287 e. The average molecular weight is 390 g/mol.